The topological polar surface area (TPSA) is 34.4 Å². The van der Waals surface area contributed by atoms with E-state index < -0.39 is 0 Å². The molecule has 2 aromatic heterocycles. The first-order chi connectivity index (χ1) is 9.34. The van der Waals surface area contributed by atoms with Crippen molar-refractivity contribution in [1.29, 1.82) is 0 Å². The summed E-state index contributed by atoms with van der Waals surface area (Å²) < 4.78 is 1.59. The zero-order valence-corrected chi connectivity index (χ0v) is 10.1. The summed E-state index contributed by atoms with van der Waals surface area (Å²) >= 11 is 0. The van der Waals surface area contributed by atoms with Gasteiger partial charge in [0, 0.05) is 6.20 Å². The van der Waals surface area contributed by atoms with Crippen LogP contribution in [0, 0.1) is 0 Å². The van der Waals surface area contributed by atoms with Crippen molar-refractivity contribution in [3.05, 3.63) is 71.1 Å². The maximum Gasteiger partial charge on any atom is 0.266 e. The van der Waals surface area contributed by atoms with Crippen molar-refractivity contribution in [3.63, 3.8) is 0 Å². The van der Waals surface area contributed by atoms with Gasteiger partial charge in [0.2, 0.25) is 0 Å². The standard InChI is InChI=1S/C16H10N2O/c19-16-15-12-6-2-1-5-11(12)8-9-13(15)17-14-7-3-4-10-18(14)16/h1-10H. The minimum atomic E-state index is -0.0163. The number of pyridine rings is 1. The molecular formula is C16H10N2O. The molecule has 19 heavy (non-hydrogen) atoms. The van der Waals surface area contributed by atoms with Gasteiger partial charge in [-0.2, -0.15) is 0 Å². The number of hydrogen-bond donors (Lipinski definition) is 0. The molecular weight excluding hydrogens is 236 g/mol. The second-order valence-corrected chi connectivity index (χ2v) is 4.53. The molecule has 3 heteroatoms. The van der Waals surface area contributed by atoms with Crippen LogP contribution in [0.3, 0.4) is 0 Å². The van der Waals surface area contributed by atoms with Crippen LogP contribution < -0.4 is 5.56 Å². The zero-order chi connectivity index (χ0) is 12.8. The SMILES string of the molecule is O=c1c2c(ccc3ccccc32)nc2ccccn12. The van der Waals surface area contributed by atoms with Crippen LogP contribution in [0.15, 0.2) is 65.6 Å². The molecule has 0 N–H and O–H groups in total. The molecule has 90 valence electrons. The maximum absolute atomic E-state index is 12.6. The van der Waals surface area contributed by atoms with E-state index in [0.717, 1.165) is 16.3 Å². The Labute approximate surface area is 108 Å². The summed E-state index contributed by atoms with van der Waals surface area (Å²) in [7, 11) is 0. The fraction of sp³-hybridized carbons (Fsp3) is 0. The Kier molecular flexibility index (Phi) is 1.97. The van der Waals surface area contributed by atoms with E-state index in [2.05, 4.69) is 4.98 Å². The van der Waals surface area contributed by atoms with Gasteiger partial charge in [-0.05, 0) is 29.0 Å². The van der Waals surface area contributed by atoms with Gasteiger partial charge in [-0.1, -0.05) is 36.4 Å². The van der Waals surface area contributed by atoms with Crippen LogP contribution in [0.4, 0.5) is 0 Å². The van der Waals surface area contributed by atoms with E-state index in [-0.39, 0.29) is 5.56 Å². The summed E-state index contributed by atoms with van der Waals surface area (Å²) in [6.45, 7) is 0. The lowest BCUT2D eigenvalue weighted by atomic mass is 10.1. The summed E-state index contributed by atoms with van der Waals surface area (Å²) in [5, 5.41) is 2.70. The van der Waals surface area contributed by atoms with E-state index in [1.54, 1.807) is 10.6 Å². The van der Waals surface area contributed by atoms with E-state index in [4.69, 9.17) is 0 Å². The number of hydrogen-bond acceptors (Lipinski definition) is 2. The highest BCUT2D eigenvalue weighted by molar-refractivity contribution is 6.05. The van der Waals surface area contributed by atoms with Gasteiger partial charge >= 0.3 is 0 Å². The van der Waals surface area contributed by atoms with E-state index in [0.29, 0.717) is 11.0 Å². The van der Waals surface area contributed by atoms with E-state index in [9.17, 15) is 4.79 Å². The number of rotatable bonds is 0. The molecule has 0 saturated heterocycles. The maximum atomic E-state index is 12.6. The smallest absolute Gasteiger partial charge is 0.266 e. The molecule has 0 bridgehead atoms. The van der Waals surface area contributed by atoms with Crippen molar-refractivity contribution >= 4 is 27.3 Å². The van der Waals surface area contributed by atoms with Crippen molar-refractivity contribution < 1.29 is 0 Å². The number of nitrogens with zero attached hydrogens (tertiary/aromatic N) is 2. The Morgan fingerprint density at radius 1 is 0.895 bits per heavy atom. The molecule has 0 radical (unpaired) electrons. The average Bonchev–Trinajstić information content (AvgIpc) is 2.47. The molecule has 0 saturated carbocycles. The molecule has 4 rings (SSSR count). The third kappa shape index (κ3) is 1.38. The van der Waals surface area contributed by atoms with Crippen molar-refractivity contribution in [2.45, 2.75) is 0 Å². The highest BCUT2D eigenvalue weighted by Crippen LogP contribution is 2.21. The minimum absolute atomic E-state index is 0.0163. The molecule has 0 amide bonds. The number of benzene rings is 2. The van der Waals surface area contributed by atoms with Gasteiger partial charge in [0.1, 0.15) is 5.65 Å². The number of aromatic nitrogens is 2. The van der Waals surface area contributed by atoms with Crippen LogP contribution >= 0.6 is 0 Å². The number of fused-ring (bicyclic) bond motifs is 4. The Morgan fingerprint density at radius 2 is 1.74 bits per heavy atom. The van der Waals surface area contributed by atoms with Crippen LogP contribution in [0.2, 0.25) is 0 Å². The zero-order valence-electron chi connectivity index (χ0n) is 10.1. The monoisotopic (exact) mass is 246 g/mol. The molecule has 0 fully saturated rings. The third-order valence-electron chi connectivity index (χ3n) is 3.41. The predicted molar refractivity (Wildman–Crippen MR) is 76.5 cm³/mol. The van der Waals surface area contributed by atoms with Crippen molar-refractivity contribution in [3.8, 4) is 0 Å². The molecule has 0 atom stereocenters. The lowest BCUT2D eigenvalue weighted by Gasteiger charge is -2.05. The molecule has 3 nitrogen and oxygen atoms in total. The summed E-state index contributed by atoms with van der Waals surface area (Å²) in [5.41, 5.74) is 1.41. The van der Waals surface area contributed by atoms with Crippen molar-refractivity contribution in [1.82, 2.24) is 9.38 Å². The highest BCUT2D eigenvalue weighted by Gasteiger charge is 2.08. The van der Waals surface area contributed by atoms with Crippen molar-refractivity contribution in [2.75, 3.05) is 0 Å². The van der Waals surface area contributed by atoms with Gasteiger partial charge in [-0.15, -0.1) is 0 Å². The van der Waals surface area contributed by atoms with Gasteiger partial charge < -0.3 is 0 Å². The van der Waals surface area contributed by atoms with Crippen LogP contribution in [-0.2, 0) is 0 Å². The van der Waals surface area contributed by atoms with Gasteiger partial charge in [-0.25, -0.2) is 4.98 Å². The second-order valence-electron chi connectivity index (χ2n) is 4.53. The van der Waals surface area contributed by atoms with Crippen LogP contribution in [0.25, 0.3) is 27.3 Å². The molecule has 0 aliphatic carbocycles. The van der Waals surface area contributed by atoms with Gasteiger partial charge in [0.15, 0.2) is 0 Å². The minimum Gasteiger partial charge on any atom is -0.268 e. The fourth-order valence-corrected chi connectivity index (χ4v) is 2.52. The summed E-state index contributed by atoms with van der Waals surface area (Å²) in [6, 6.07) is 17.4. The fourth-order valence-electron chi connectivity index (χ4n) is 2.52. The van der Waals surface area contributed by atoms with Crippen molar-refractivity contribution in [2.24, 2.45) is 0 Å². The first-order valence-corrected chi connectivity index (χ1v) is 6.13. The largest absolute Gasteiger partial charge is 0.268 e. The van der Waals surface area contributed by atoms with Gasteiger partial charge in [0.25, 0.3) is 5.56 Å². The Bertz CT molecular complexity index is 986. The van der Waals surface area contributed by atoms with Crippen LogP contribution in [0.5, 0.6) is 0 Å². The molecule has 0 aliphatic heterocycles. The molecule has 0 aliphatic rings. The Balaban J connectivity index is 2.37. The summed E-state index contributed by atoms with van der Waals surface area (Å²) in [4.78, 5) is 17.2. The van der Waals surface area contributed by atoms with Crippen LogP contribution in [-0.4, -0.2) is 9.38 Å². The van der Waals surface area contributed by atoms with E-state index in [1.165, 1.54) is 0 Å². The normalized spacial score (nSPS) is 11.4. The highest BCUT2D eigenvalue weighted by atomic mass is 16.1. The van der Waals surface area contributed by atoms with E-state index in [1.807, 2.05) is 54.6 Å². The molecule has 0 unspecified atom stereocenters. The lowest BCUT2D eigenvalue weighted by molar-refractivity contribution is 1.08. The van der Waals surface area contributed by atoms with Crippen LogP contribution in [0.1, 0.15) is 0 Å². The van der Waals surface area contributed by atoms with Gasteiger partial charge in [0.05, 0.1) is 10.9 Å². The third-order valence-corrected chi connectivity index (χ3v) is 3.41. The summed E-state index contributed by atoms with van der Waals surface area (Å²) in [6.07, 6.45) is 1.76. The Hall–Kier alpha value is -2.68. The molecule has 4 aromatic rings. The lowest BCUT2D eigenvalue weighted by Crippen LogP contribution is -2.15. The quantitative estimate of drug-likeness (QED) is 0.353. The predicted octanol–water partition coefficient (Wildman–Crippen LogP) is 3.00. The molecule has 0 spiro atoms. The Morgan fingerprint density at radius 3 is 2.68 bits per heavy atom. The molecule has 2 aromatic carbocycles. The first-order valence-electron chi connectivity index (χ1n) is 6.13. The second kappa shape index (κ2) is 3.65. The first kappa shape index (κ1) is 10.3. The summed E-state index contributed by atoms with van der Waals surface area (Å²) in [5.74, 6) is 0. The molecule has 2 heterocycles. The van der Waals surface area contributed by atoms with E-state index >= 15 is 0 Å². The average molecular weight is 246 g/mol. The van der Waals surface area contributed by atoms with Gasteiger partial charge in [-0.3, -0.25) is 9.20 Å².